The van der Waals surface area contributed by atoms with Gasteiger partial charge in [-0.3, -0.25) is 0 Å². The van der Waals surface area contributed by atoms with Crippen molar-refractivity contribution in [1.82, 2.24) is 0 Å². The van der Waals surface area contributed by atoms with E-state index in [9.17, 15) is 4.39 Å². The quantitative estimate of drug-likeness (QED) is 0.799. The molecule has 4 heteroatoms. The summed E-state index contributed by atoms with van der Waals surface area (Å²) >= 11 is 1.25. The van der Waals surface area contributed by atoms with Crippen LogP contribution in [-0.4, -0.2) is 0 Å². The summed E-state index contributed by atoms with van der Waals surface area (Å²) in [7, 11) is 0. The van der Waals surface area contributed by atoms with Crippen molar-refractivity contribution in [3.63, 3.8) is 0 Å². The van der Waals surface area contributed by atoms with Crippen LogP contribution in [0.25, 0.3) is 11.1 Å². The molecule has 2 rings (SSSR count). The Morgan fingerprint density at radius 1 is 1.27 bits per heavy atom. The first-order chi connectivity index (χ1) is 7.24. The van der Waals surface area contributed by atoms with Crippen molar-refractivity contribution in [3.8, 4) is 17.2 Å². The number of nitriles is 1. The average Bonchev–Trinajstić information content (AvgIpc) is 2.60. The Labute approximate surface area is 90.4 Å². The van der Waals surface area contributed by atoms with Gasteiger partial charge in [-0.1, -0.05) is 18.2 Å². The molecule has 0 bridgehead atoms. The van der Waals surface area contributed by atoms with E-state index in [0.717, 1.165) is 0 Å². The Bertz CT molecular complexity index is 540. The van der Waals surface area contributed by atoms with Gasteiger partial charge < -0.3 is 5.73 Å². The molecule has 2 N–H and O–H groups in total. The van der Waals surface area contributed by atoms with E-state index in [1.54, 1.807) is 23.6 Å². The smallest absolute Gasteiger partial charge is 0.131 e. The SMILES string of the molecule is N#Cc1c(-c2ccccc2F)csc1N. The molecule has 0 saturated heterocycles. The fraction of sp³-hybridized carbons (Fsp3) is 0. The van der Waals surface area contributed by atoms with Crippen LogP contribution >= 0.6 is 11.3 Å². The first-order valence-electron chi connectivity index (χ1n) is 4.26. The molecule has 0 radical (unpaired) electrons. The van der Waals surface area contributed by atoms with Crippen molar-refractivity contribution >= 4 is 16.3 Å². The number of anilines is 1. The fourth-order valence-electron chi connectivity index (χ4n) is 1.37. The summed E-state index contributed by atoms with van der Waals surface area (Å²) in [5, 5.41) is 11.0. The van der Waals surface area contributed by atoms with Gasteiger partial charge in [0.1, 0.15) is 16.9 Å². The van der Waals surface area contributed by atoms with Crippen LogP contribution in [-0.2, 0) is 0 Å². The van der Waals surface area contributed by atoms with E-state index in [1.165, 1.54) is 17.4 Å². The monoisotopic (exact) mass is 218 g/mol. The van der Waals surface area contributed by atoms with Crippen molar-refractivity contribution in [2.45, 2.75) is 0 Å². The fourth-order valence-corrected chi connectivity index (χ4v) is 2.13. The van der Waals surface area contributed by atoms with Crippen molar-refractivity contribution in [2.24, 2.45) is 0 Å². The summed E-state index contributed by atoms with van der Waals surface area (Å²) in [4.78, 5) is 0. The number of nitrogens with zero attached hydrogens (tertiary/aromatic N) is 1. The van der Waals surface area contributed by atoms with E-state index < -0.39 is 0 Å². The molecule has 0 aliphatic rings. The first kappa shape index (κ1) is 9.69. The standard InChI is InChI=1S/C11H7FN2S/c12-10-4-2-1-3-7(10)9-6-15-11(14)8(9)5-13/h1-4,6H,14H2. The van der Waals surface area contributed by atoms with Crippen LogP contribution in [0, 0.1) is 17.1 Å². The summed E-state index contributed by atoms with van der Waals surface area (Å²) in [5.74, 6) is -0.341. The highest BCUT2D eigenvalue weighted by atomic mass is 32.1. The lowest BCUT2D eigenvalue weighted by molar-refractivity contribution is 0.631. The number of halogens is 1. The lowest BCUT2D eigenvalue weighted by Gasteiger charge is -2.00. The molecule has 1 heterocycles. The molecule has 2 nitrogen and oxygen atoms in total. The molecule has 0 unspecified atom stereocenters. The molecule has 0 atom stereocenters. The lowest BCUT2D eigenvalue weighted by atomic mass is 10.0. The molecule has 2 aromatic rings. The number of hydrogen-bond donors (Lipinski definition) is 1. The number of nitrogens with two attached hydrogens (primary N) is 1. The molecule has 1 aromatic carbocycles. The molecule has 1 aromatic heterocycles. The Hall–Kier alpha value is -1.86. The van der Waals surface area contributed by atoms with E-state index in [0.29, 0.717) is 21.7 Å². The van der Waals surface area contributed by atoms with Gasteiger partial charge in [0.15, 0.2) is 0 Å². The molecule has 0 aliphatic carbocycles. The molecule has 0 spiro atoms. The minimum Gasteiger partial charge on any atom is -0.389 e. The third-order valence-corrected chi connectivity index (χ3v) is 2.91. The average molecular weight is 218 g/mol. The predicted octanol–water partition coefficient (Wildman–Crippen LogP) is 3.01. The van der Waals surface area contributed by atoms with Gasteiger partial charge in [-0.25, -0.2) is 4.39 Å². The highest BCUT2D eigenvalue weighted by Gasteiger charge is 2.13. The van der Waals surface area contributed by atoms with Crippen LogP contribution in [0.2, 0.25) is 0 Å². The second-order valence-electron chi connectivity index (χ2n) is 2.98. The highest BCUT2D eigenvalue weighted by Crippen LogP contribution is 2.33. The Morgan fingerprint density at radius 2 is 2.00 bits per heavy atom. The van der Waals surface area contributed by atoms with Crippen LogP contribution in [0.1, 0.15) is 5.56 Å². The van der Waals surface area contributed by atoms with E-state index in [2.05, 4.69) is 0 Å². The maximum atomic E-state index is 13.5. The van der Waals surface area contributed by atoms with Gasteiger partial charge in [0.05, 0.1) is 5.56 Å². The van der Waals surface area contributed by atoms with Crippen LogP contribution in [0.3, 0.4) is 0 Å². The maximum absolute atomic E-state index is 13.5. The van der Waals surface area contributed by atoms with Crippen molar-refractivity contribution < 1.29 is 4.39 Å². The largest absolute Gasteiger partial charge is 0.389 e. The van der Waals surface area contributed by atoms with Gasteiger partial charge in [-0.15, -0.1) is 11.3 Å². The van der Waals surface area contributed by atoms with E-state index in [1.807, 2.05) is 6.07 Å². The number of hydrogen-bond acceptors (Lipinski definition) is 3. The first-order valence-corrected chi connectivity index (χ1v) is 5.14. The van der Waals surface area contributed by atoms with E-state index in [4.69, 9.17) is 11.0 Å². The minimum absolute atomic E-state index is 0.341. The minimum atomic E-state index is -0.341. The van der Waals surface area contributed by atoms with Crippen molar-refractivity contribution in [1.29, 1.82) is 5.26 Å². The molecule has 74 valence electrons. The third-order valence-electron chi connectivity index (χ3n) is 2.10. The number of thiophene rings is 1. The Morgan fingerprint density at radius 3 is 2.67 bits per heavy atom. The zero-order valence-corrected chi connectivity index (χ0v) is 8.51. The number of rotatable bonds is 1. The van der Waals surface area contributed by atoms with Gasteiger partial charge in [0.2, 0.25) is 0 Å². The summed E-state index contributed by atoms with van der Waals surface area (Å²) < 4.78 is 13.5. The molecule has 0 aliphatic heterocycles. The van der Waals surface area contributed by atoms with Crippen LogP contribution in [0.4, 0.5) is 9.39 Å². The molecular formula is C11H7FN2S. The number of nitrogen functional groups attached to an aromatic ring is 1. The zero-order chi connectivity index (χ0) is 10.8. The predicted molar refractivity (Wildman–Crippen MR) is 58.8 cm³/mol. The van der Waals surface area contributed by atoms with Crippen LogP contribution in [0.15, 0.2) is 29.6 Å². The third kappa shape index (κ3) is 1.58. The van der Waals surface area contributed by atoms with Gasteiger partial charge in [-0.2, -0.15) is 5.26 Å². The van der Waals surface area contributed by atoms with E-state index >= 15 is 0 Å². The van der Waals surface area contributed by atoms with Gasteiger partial charge >= 0.3 is 0 Å². The Kier molecular flexibility index (Phi) is 2.40. The molecule has 15 heavy (non-hydrogen) atoms. The zero-order valence-electron chi connectivity index (χ0n) is 7.70. The van der Waals surface area contributed by atoms with Crippen LogP contribution in [0.5, 0.6) is 0 Å². The van der Waals surface area contributed by atoms with Crippen molar-refractivity contribution in [2.75, 3.05) is 5.73 Å². The number of benzene rings is 1. The summed E-state index contributed by atoms with van der Waals surface area (Å²) in [6.07, 6.45) is 0. The maximum Gasteiger partial charge on any atom is 0.131 e. The highest BCUT2D eigenvalue weighted by molar-refractivity contribution is 7.14. The molecule has 0 amide bonds. The van der Waals surface area contributed by atoms with Gasteiger partial charge in [-0.05, 0) is 6.07 Å². The molecular weight excluding hydrogens is 211 g/mol. The summed E-state index contributed by atoms with van der Waals surface area (Å²) in [6.45, 7) is 0. The lowest BCUT2D eigenvalue weighted by Crippen LogP contribution is -1.87. The Balaban J connectivity index is 2.66. The van der Waals surface area contributed by atoms with Crippen LogP contribution < -0.4 is 5.73 Å². The summed E-state index contributed by atoms with van der Waals surface area (Å²) in [5.41, 5.74) is 6.95. The van der Waals surface area contributed by atoms with E-state index in [-0.39, 0.29) is 5.82 Å². The second kappa shape index (κ2) is 3.71. The van der Waals surface area contributed by atoms with Gasteiger partial charge in [0.25, 0.3) is 0 Å². The summed E-state index contributed by atoms with van der Waals surface area (Å²) in [6, 6.07) is 8.33. The molecule has 0 fully saturated rings. The van der Waals surface area contributed by atoms with Gasteiger partial charge in [0, 0.05) is 16.5 Å². The normalized spacial score (nSPS) is 9.87. The molecule has 0 saturated carbocycles. The van der Waals surface area contributed by atoms with Crippen molar-refractivity contribution in [3.05, 3.63) is 41.0 Å². The second-order valence-corrected chi connectivity index (χ2v) is 3.89. The topological polar surface area (TPSA) is 49.8 Å².